The molecule has 0 saturated carbocycles. The SMILES string of the molecule is CCN(c1ccccc1)c1cc(CN)c(Cl)cn1. The fraction of sp³-hybridized carbons (Fsp3) is 0.214. The van der Waals surface area contributed by atoms with Gasteiger partial charge in [0.1, 0.15) is 5.82 Å². The summed E-state index contributed by atoms with van der Waals surface area (Å²) >= 11 is 6.03. The average Bonchev–Trinajstić information content (AvgIpc) is 2.42. The topological polar surface area (TPSA) is 42.1 Å². The molecule has 0 saturated heterocycles. The normalized spacial score (nSPS) is 10.4. The first-order valence-electron chi connectivity index (χ1n) is 5.93. The smallest absolute Gasteiger partial charge is 0.133 e. The third kappa shape index (κ3) is 2.63. The number of anilines is 2. The Morgan fingerprint density at radius 1 is 1.28 bits per heavy atom. The highest BCUT2D eigenvalue weighted by Crippen LogP contribution is 2.26. The molecule has 2 N–H and O–H groups in total. The summed E-state index contributed by atoms with van der Waals surface area (Å²) < 4.78 is 0. The van der Waals surface area contributed by atoms with Gasteiger partial charge < -0.3 is 10.6 Å². The molecule has 0 bridgehead atoms. The van der Waals surface area contributed by atoms with Crippen molar-refractivity contribution in [1.29, 1.82) is 0 Å². The van der Waals surface area contributed by atoms with E-state index in [1.54, 1.807) is 6.20 Å². The number of aromatic nitrogens is 1. The number of hydrogen-bond donors (Lipinski definition) is 1. The van der Waals surface area contributed by atoms with Crippen LogP contribution in [-0.4, -0.2) is 11.5 Å². The zero-order chi connectivity index (χ0) is 13.0. The quantitative estimate of drug-likeness (QED) is 0.918. The fourth-order valence-electron chi connectivity index (χ4n) is 1.86. The largest absolute Gasteiger partial charge is 0.327 e. The fourth-order valence-corrected chi connectivity index (χ4v) is 2.04. The van der Waals surface area contributed by atoms with Crippen LogP contribution in [-0.2, 0) is 6.54 Å². The van der Waals surface area contributed by atoms with Crippen LogP contribution in [0.2, 0.25) is 5.02 Å². The monoisotopic (exact) mass is 261 g/mol. The summed E-state index contributed by atoms with van der Waals surface area (Å²) in [4.78, 5) is 6.49. The molecule has 0 amide bonds. The van der Waals surface area contributed by atoms with Gasteiger partial charge in [0.2, 0.25) is 0 Å². The van der Waals surface area contributed by atoms with Gasteiger partial charge in [-0.25, -0.2) is 4.98 Å². The summed E-state index contributed by atoms with van der Waals surface area (Å²) in [5.74, 6) is 0.869. The van der Waals surface area contributed by atoms with Crippen molar-refractivity contribution in [3.63, 3.8) is 0 Å². The lowest BCUT2D eigenvalue weighted by molar-refractivity contribution is 0.974. The van der Waals surface area contributed by atoms with E-state index >= 15 is 0 Å². The molecule has 1 heterocycles. The lowest BCUT2D eigenvalue weighted by Crippen LogP contribution is -2.17. The van der Waals surface area contributed by atoms with Crippen LogP contribution in [0.25, 0.3) is 0 Å². The molecule has 0 radical (unpaired) electrons. The maximum atomic E-state index is 6.03. The van der Waals surface area contributed by atoms with Crippen molar-refractivity contribution in [2.75, 3.05) is 11.4 Å². The van der Waals surface area contributed by atoms with Crippen molar-refractivity contribution in [2.24, 2.45) is 5.73 Å². The van der Waals surface area contributed by atoms with Crippen molar-refractivity contribution in [2.45, 2.75) is 13.5 Å². The highest BCUT2D eigenvalue weighted by atomic mass is 35.5. The Morgan fingerprint density at radius 2 is 2.00 bits per heavy atom. The molecule has 2 rings (SSSR count). The molecule has 0 unspecified atom stereocenters. The van der Waals surface area contributed by atoms with Crippen molar-refractivity contribution in [3.05, 3.63) is 53.2 Å². The second-order valence-electron chi connectivity index (χ2n) is 3.92. The molecule has 0 aliphatic heterocycles. The van der Waals surface area contributed by atoms with E-state index in [2.05, 4.69) is 28.9 Å². The summed E-state index contributed by atoms with van der Waals surface area (Å²) in [6.07, 6.45) is 1.66. The summed E-state index contributed by atoms with van der Waals surface area (Å²) in [6, 6.07) is 12.1. The van der Waals surface area contributed by atoms with Crippen LogP contribution in [0.5, 0.6) is 0 Å². The van der Waals surface area contributed by atoms with E-state index in [0.29, 0.717) is 11.6 Å². The van der Waals surface area contributed by atoms with Crippen LogP contribution in [0.1, 0.15) is 12.5 Å². The summed E-state index contributed by atoms with van der Waals surface area (Å²) in [6.45, 7) is 3.34. The first kappa shape index (κ1) is 12.9. The maximum absolute atomic E-state index is 6.03. The third-order valence-corrected chi connectivity index (χ3v) is 3.14. The zero-order valence-corrected chi connectivity index (χ0v) is 11.1. The number of pyridine rings is 1. The van der Waals surface area contributed by atoms with Crippen LogP contribution in [0.3, 0.4) is 0 Å². The molecule has 1 aromatic heterocycles. The lowest BCUT2D eigenvalue weighted by atomic mass is 10.2. The molecule has 94 valence electrons. The van der Waals surface area contributed by atoms with Crippen LogP contribution >= 0.6 is 11.6 Å². The molecule has 0 fully saturated rings. The minimum absolute atomic E-state index is 0.417. The van der Waals surface area contributed by atoms with Crippen molar-refractivity contribution >= 4 is 23.1 Å². The molecule has 4 heteroatoms. The Labute approximate surface area is 112 Å². The van der Waals surface area contributed by atoms with E-state index in [0.717, 1.165) is 23.6 Å². The Morgan fingerprint density at radius 3 is 2.61 bits per heavy atom. The molecule has 3 nitrogen and oxygen atoms in total. The van der Waals surface area contributed by atoms with Gasteiger partial charge in [-0.3, -0.25) is 0 Å². The van der Waals surface area contributed by atoms with Gasteiger partial charge in [0.05, 0.1) is 5.02 Å². The molecule has 2 aromatic rings. The molecule has 18 heavy (non-hydrogen) atoms. The van der Waals surface area contributed by atoms with Gasteiger partial charge >= 0.3 is 0 Å². The van der Waals surface area contributed by atoms with Gasteiger partial charge in [-0.2, -0.15) is 0 Å². The van der Waals surface area contributed by atoms with E-state index in [4.69, 9.17) is 17.3 Å². The van der Waals surface area contributed by atoms with Gasteiger partial charge in [-0.1, -0.05) is 29.8 Å². The minimum Gasteiger partial charge on any atom is -0.327 e. The van der Waals surface area contributed by atoms with E-state index in [1.807, 2.05) is 24.3 Å². The predicted molar refractivity (Wildman–Crippen MR) is 76.3 cm³/mol. The van der Waals surface area contributed by atoms with Gasteiger partial charge in [-0.15, -0.1) is 0 Å². The van der Waals surface area contributed by atoms with Crippen LogP contribution in [0, 0.1) is 0 Å². The van der Waals surface area contributed by atoms with Gasteiger partial charge in [0.25, 0.3) is 0 Å². The second-order valence-corrected chi connectivity index (χ2v) is 4.33. The van der Waals surface area contributed by atoms with Crippen molar-refractivity contribution in [1.82, 2.24) is 4.98 Å². The molecule has 0 atom stereocenters. The number of nitrogens with zero attached hydrogens (tertiary/aromatic N) is 2. The third-order valence-electron chi connectivity index (χ3n) is 2.80. The molecular weight excluding hydrogens is 246 g/mol. The van der Waals surface area contributed by atoms with E-state index in [9.17, 15) is 0 Å². The van der Waals surface area contributed by atoms with Crippen molar-refractivity contribution in [3.8, 4) is 0 Å². The molecule has 0 aliphatic rings. The molecule has 0 aliphatic carbocycles. The highest BCUT2D eigenvalue weighted by Gasteiger charge is 2.10. The van der Waals surface area contributed by atoms with Gasteiger partial charge in [0.15, 0.2) is 0 Å². The average molecular weight is 262 g/mol. The Kier molecular flexibility index (Phi) is 4.18. The molecular formula is C14H16ClN3. The van der Waals surface area contributed by atoms with Crippen LogP contribution in [0.15, 0.2) is 42.6 Å². The molecule has 0 spiro atoms. The number of nitrogens with two attached hydrogens (primary N) is 1. The zero-order valence-electron chi connectivity index (χ0n) is 10.3. The summed E-state index contributed by atoms with van der Waals surface area (Å²) in [7, 11) is 0. The molecule has 1 aromatic carbocycles. The highest BCUT2D eigenvalue weighted by molar-refractivity contribution is 6.31. The predicted octanol–water partition coefficient (Wildman–Crippen LogP) is 3.35. The number of rotatable bonds is 4. The van der Waals surface area contributed by atoms with Crippen LogP contribution < -0.4 is 10.6 Å². The first-order valence-corrected chi connectivity index (χ1v) is 6.31. The van der Waals surface area contributed by atoms with Gasteiger partial charge in [-0.05, 0) is 30.7 Å². The Bertz CT molecular complexity index is 514. The minimum atomic E-state index is 0.417. The Balaban J connectivity index is 2.39. The van der Waals surface area contributed by atoms with Crippen molar-refractivity contribution < 1.29 is 0 Å². The lowest BCUT2D eigenvalue weighted by Gasteiger charge is -2.22. The van der Waals surface area contributed by atoms with Gasteiger partial charge in [0, 0.05) is 25.0 Å². The number of para-hydroxylation sites is 1. The standard InChI is InChI=1S/C14H16ClN3/c1-2-18(12-6-4-3-5-7-12)14-8-11(9-16)13(15)10-17-14/h3-8,10H,2,9,16H2,1H3. The first-order chi connectivity index (χ1) is 8.76. The Hall–Kier alpha value is -1.58. The summed E-state index contributed by atoms with van der Waals surface area (Å²) in [5.41, 5.74) is 7.69. The summed E-state index contributed by atoms with van der Waals surface area (Å²) in [5, 5.41) is 0.616. The van der Waals surface area contributed by atoms with E-state index in [1.165, 1.54) is 0 Å². The second kappa shape index (κ2) is 5.85. The number of halogens is 1. The maximum Gasteiger partial charge on any atom is 0.133 e. The number of benzene rings is 1. The van der Waals surface area contributed by atoms with E-state index in [-0.39, 0.29) is 0 Å². The number of hydrogen-bond acceptors (Lipinski definition) is 3. The van der Waals surface area contributed by atoms with E-state index < -0.39 is 0 Å². The van der Waals surface area contributed by atoms with Crippen LogP contribution in [0.4, 0.5) is 11.5 Å².